The molecular formula is C23H20N2O4S. The summed E-state index contributed by atoms with van der Waals surface area (Å²) in [4.78, 5) is 25.4. The Kier molecular flexibility index (Phi) is 5.37. The molecule has 7 heteroatoms. The SMILES string of the molecule is O=C(CN1C(=O)c2ccccc2CS1(=O)=O)Nc1ccccc1Cc1ccccc1. The molecule has 0 fully saturated rings. The number of hydrogen-bond donors (Lipinski definition) is 1. The number of amides is 2. The van der Waals surface area contributed by atoms with Gasteiger partial charge in [-0.1, -0.05) is 66.7 Å². The summed E-state index contributed by atoms with van der Waals surface area (Å²) in [6.45, 7) is -0.560. The Morgan fingerprint density at radius 1 is 0.900 bits per heavy atom. The second kappa shape index (κ2) is 8.12. The lowest BCUT2D eigenvalue weighted by Gasteiger charge is -2.27. The zero-order valence-corrected chi connectivity index (χ0v) is 16.9. The average molecular weight is 420 g/mol. The van der Waals surface area contributed by atoms with E-state index in [2.05, 4.69) is 5.32 Å². The number of hydrogen-bond acceptors (Lipinski definition) is 4. The van der Waals surface area contributed by atoms with E-state index in [1.807, 2.05) is 42.5 Å². The minimum absolute atomic E-state index is 0.299. The van der Waals surface area contributed by atoms with Crippen LogP contribution in [0.3, 0.4) is 0 Å². The Labute approximate surface area is 175 Å². The molecule has 4 rings (SSSR count). The van der Waals surface area contributed by atoms with Crippen LogP contribution in [0.4, 0.5) is 5.69 Å². The summed E-state index contributed by atoms with van der Waals surface area (Å²) in [6, 6.07) is 23.7. The van der Waals surface area contributed by atoms with Crippen molar-refractivity contribution in [1.29, 1.82) is 0 Å². The Morgan fingerprint density at radius 3 is 2.37 bits per heavy atom. The number of nitrogens with zero attached hydrogens (tertiary/aromatic N) is 1. The fourth-order valence-corrected chi connectivity index (χ4v) is 4.96. The number of rotatable bonds is 5. The molecule has 6 nitrogen and oxygen atoms in total. The first-order valence-corrected chi connectivity index (χ1v) is 11.1. The van der Waals surface area contributed by atoms with E-state index in [0.29, 0.717) is 27.5 Å². The van der Waals surface area contributed by atoms with Crippen molar-refractivity contribution in [3.63, 3.8) is 0 Å². The van der Waals surface area contributed by atoms with E-state index in [1.54, 1.807) is 36.4 Å². The van der Waals surface area contributed by atoms with Gasteiger partial charge in [-0.3, -0.25) is 9.59 Å². The first-order chi connectivity index (χ1) is 14.4. The summed E-state index contributed by atoms with van der Waals surface area (Å²) in [6.07, 6.45) is 0.617. The van der Waals surface area contributed by atoms with Gasteiger partial charge in [0.05, 0.1) is 5.75 Å². The van der Waals surface area contributed by atoms with Crippen LogP contribution in [0.1, 0.15) is 27.0 Å². The molecular weight excluding hydrogens is 400 g/mol. The van der Waals surface area contributed by atoms with E-state index in [-0.39, 0.29) is 5.75 Å². The van der Waals surface area contributed by atoms with Gasteiger partial charge in [0.25, 0.3) is 5.91 Å². The van der Waals surface area contributed by atoms with Gasteiger partial charge >= 0.3 is 0 Å². The molecule has 1 heterocycles. The van der Waals surface area contributed by atoms with Crippen molar-refractivity contribution in [3.8, 4) is 0 Å². The number of para-hydroxylation sites is 1. The van der Waals surface area contributed by atoms with Crippen LogP contribution in [0, 0.1) is 0 Å². The van der Waals surface area contributed by atoms with Crippen molar-refractivity contribution in [3.05, 3.63) is 101 Å². The quantitative estimate of drug-likeness (QED) is 0.687. The molecule has 2 amide bonds. The maximum absolute atomic E-state index is 12.7. The van der Waals surface area contributed by atoms with Crippen LogP contribution in [0.25, 0.3) is 0 Å². The van der Waals surface area contributed by atoms with Crippen molar-refractivity contribution >= 4 is 27.5 Å². The number of nitrogens with one attached hydrogen (secondary N) is 1. The second-order valence-corrected chi connectivity index (χ2v) is 8.99. The molecule has 1 aliphatic rings. The summed E-state index contributed by atoms with van der Waals surface area (Å²) in [5.74, 6) is -1.54. The lowest BCUT2D eigenvalue weighted by molar-refractivity contribution is -0.116. The Balaban J connectivity index is 1.52. The maximum atomic E-state index is 12.7. The molecule has 0 saturated heterocycles. The highest BCUT2D eigenvalue weighted by atomic mass is 32.2. The highest BCUT2D eigenvalue weighted by molar-refractivity contribution is 7.89. The van der Waals surface area contributed by atoms with Gasteiger partial charge in [0.1, 0.15) is 6.54 Å². The van der Waals surface area contributed by atoms with Crippen LogP contribution in [-0.2, 0) is 27.0 Å². The Hall–Kier alpha value is -3.45. The molecule has 3 aromatic carbocycles. The van der Waals surface area contributed by atoms with Gasteiger partial charge in [0.2, 0.25) is 15.9 Å². The predicted molar refractivity (Wildman–Crippen MR) is 114 cm³/mol. The third-order valence-electron chi connectivity index (χ3n) is 4.96. The van der Waals surface area contributed by atoms with Gasteiger partial charge in [-0.05, 0) is 35.2 Å². The summed E-state index contributed by atoms with van der Waals surface area (Å²) in [5.41, 5.74) is 3.34. The van der Waals surface area contributed by atoms with Gasteiger partial charge in [-0.15, -0.1) is 0 Å². The largest absolute Gasteiger partial charge is 0.324 e. The van der Waals surface area contributed by atoms with E-state index in [4.69, 9.17) is 0 Å². The normalized spacial score (nSPS) is 14.8. The predicted octanol–water partition coefficient (Wildman–Crippen LogP) is 3.20. The van der Waals surface area contributed by atoms with Crippen LogP contribution >= 0.6 is 0 Å². The molecule has 1 aliphatic heterocycles. The lowest BCUT2D eigenvalue weighted by Crippen LogP contribution is -2.45. The molecule has 0 bridgehead atoms. The highest BCUT2D eigenvalue weighted by Gasteiger charge is 2.36. The third kappa shape index (κ3) is 4.11. The smallest absolute Gasteiger partial charge is 0.268 e. The topological polar surface area (TPSA) is 83.6 Å². The fourth-order valence-electron chi connectivity index (χ4n) is 3.49. The highest BCUT2D eigenvalue weighted by Crippen LogP contribution is 2.25. The fraction of sp³-hybridized carbons (Fsp3) is 0.130. The van der Waals surface area contributed by atoms with Crippen LogP contribution in [-0.4, -0.2) is 31.1 Å². The van der Waals surface area contributed by atoms with Gasteiger partial charge < -0.3 is 5.32 Å². The summed E-state index contributed by atoms with van der Waals surface area (Å²) in [7, 11) is -3.91. The molecule has 0 aliphatic carbocycles. The molecule has 152 valence electrons. The Bertz CT molecular complexity index is 1210. The van der Waals surface area contributed by atoms with Crippen LogP contribution in [0.5, 0.6) is 0 Å². The number of benzene rings is 3. The van der Waals surface area contributed by atoms with Gasteiger partial charge in [0.15, 0.2) is 0 Å². The van der Waals surface area contributed by atoms with Crippen LogP contribution in [0.2, 0.25) is 0 Å². The number of carbonyl (C=O) groups is 2. The molecule has 0 aromatic heterocycles. The third-order valence-corrected chi connectivity index (χ3v) is 6.61. The van der Waals surface area contributed by atoms with E-state index in [0.717, 1.165) is 11.1 Å². The minimum atomic E-state index is -3.91. The monoisotopic (exact) mass is 420 g/mol. The first-order valence-electron chi connectivity index (χ1n) is 9.48. The molecule has 0 spiro atoms. The summed E-state index contributed by atoms with van der Waals surface area (Å²) >= 11 is 0. The van der Waals surface area contributed by atoms with Crippen molar-refractivity contribution < 1.29 is 18.0 Å². The second-order valence-electron chi connectivity index (χ2n) is 7.09. The summed E-state index contributed by atoms with van der Waals surface area (Å²) < 4.78 is 25.8. The molecule has 30 heavy (non-hydrogen) atoms. The van der Waals surface area contributed by atoms with Gasteiger partial charge in [-0.25, -0.2) is 12.7 Å². The molecule has 3 aromatic rings. The molecule has 0 saturated carbocycles. The number of anilines is 1. The molecule has 1 N–H and O–H groups in total. The minimum Gasteiger partial charge on any atom is -0.324 e. The Morgan fingerprint density at radius 2 is 1.57 bits per heavy atom. The van der Waals surface area contributed by atoms with Gasteiger partial charge in [-0.2, -0.15) is 0 Å². The zero-order valence-electron chi connectivity index (χ0n) is 16.1. The van der Waals surface area contributed by atoms with Crippen molar-refractivity contribution in [1.82, 2.24) is 4.31 Å². The molecule has 0 radical (unpaired) electrons. The van der Waals surface area contributed by atoms with E-state index >= 15 is 0 Å². The number of sulfonamides is 1. The lowest BCUT2D eigenvalue weighted by atomic mass is 10.0. The summed E-state index contributed by atoms with van der Waals surface area (Å²) in [5, 5.41) is 2.76. The van der Waals surface area contributed by atoms with Crippen molar-refractivity contribution in [2.24, 2.45) is 0 Å². The van der Waals surface area contributed by atoms with Crippen LogP contribution < -0.4 is 5.32 Å². The number of carbonyl (C=O) groups excluding carboxylic acids is 2. The molecule has 0 atom stereocenters. The number of fused-ring (bicyclic) bond motifs is 1. The van der Waals surface area contributed by atoms with Crippen molar-refractivity contribution in [2.75, 3.05) is 11.9 Å². The van der Waals surface area contributed by atoms with Crippen molar-refractivity contribution in [2.45, 2.75) is 12.2 Å². The standard InChI is InChI=1S/C23H20N2O4S/c26-22(15-25-23(27)20-12-6-4-11-19(20)16-30(25,28)29)24-21-13-7-5-10-18(21)14-17-8-2-1-3-9-17/h1-13H,14-16H2,(H,24,26). The van der Waals surface area contributed by atoms with Crippen LogP contribution in [0.15, 0.2) is 78.9 Å². The zero-order chi connectivity index (χ0) is 21.1. The van der Waals surface area contributed by atoms with E-state index in [1.165, 1.54) is 0 Å². The van der Waals surface area contributed by atoms with E-state index < -0.39 is 28.4 Å². The maximum Gasteiger partial charge on any atom is 0.268 e. The molecule has 0 unspecified atom stereocenters. The first kappa shape index (κ1) is 19.8. The average Bonchev–Trinajstić information content (AvgIpc) is 2.73. The van der Waals surface area contributed by atoms with E-state index in [9.17, 15) is 18.0 Å². The van der Waals surface area contributed by atoms with Gasteiger partial charge in [0, 0.05) is 11.3 Å².